The Morgan fingerprint density at radius 1 is 0.941 bits per heavy atom. The maximum absolute atomic E-state index is 10.8. The highest BCUT2D eigenvalue weighted by atomic mass is 16.7. The van der Waals surface area contributed by atoms with Gasteiger partial charge in [0.2, 0.25) is 0 Å². The molecule has 0 heterocycles. The number of carbonyl (C=O) groups is 3. The number of ether oxygens (including phenoxy) is 4. The summed E-state index contributed by atoms with van der Waals surface area (Å²) in [4.78, 5) is 32.0. The Bertz CT molecular complexity index is 270. The van der Waals surface area contributed by atoms with Crippen molar-refractivity contribution in [3.8, 4) is 0 Å². The number of hydrogen-bond donors (Lipinski definition) is 0. The van der Waals surface area contributed by atoms with Crippen LogP contribution in [0.25, 0.3) is 0 Å². The first-order valence-corrected chi connectivity index (χ1v) is 4.92. The van der Waals surface area contributed by atoms with Gasteiger partial charge in [0.15, 0.2) is 6.79 Å². The third-order valence-electron chi connectivity index (χ3n) is 1.54. The minimum Gasteiger partial charge on any atom is -0.439 e. The minimum absolute atomic E-state index is 0.310. The molecule has 0 spiro atoms. The monoisotopic (exact) mass is 248 g/mol. The van der Waals surface area contributed by atoms with E-state index in [9.17, 15) is 14.4 Å². The SMILES string of the molecule is CC(=O)OCOC(C)C(OC(C)=O)OC(C)=O. The van der Waals surface area contributed by atoms with Crippen LogP contribution in [-0.2, 0) is 33.3 Å². The molecule has 0 saturated heterocycles. The molecule has 0 rings (SSSR count). The molecule has 0 aromatic heterocycles. The van der Waals surface area contributed by atoms with Crippen molar-refractivity contribution < 1.29 is 33.3 Å². The molecule has 0 aromatic rings. The zero-order valence-electron chi connectivity index (χ0n) is 10.2. The van der Waals surface area contributed by atoms with Crippen molar-refractivity contribution in [1.82, 2.24) is 0 Å². The molecule has 1 atom stereocenters. The van der Waals surface area contributed by atoms with Crippen molar-refractivity contribution in [2.24, 2.45) is 0 Å². The summed E-state index contributed by atoms with van der Waals surface area (Å²) in [7, 11) is 0. The summed E-state index contributed by atoms with van der Waals surface area (Å²) < 4.78 is 19.0. The normalized spacial score (nSPS) is 11.8. The lowest BCUT2D eigenvalue weighted by molar-refractivity contribution is -0.219. The highest BCUT2D eigenvalue weighted by molar-refractivity contribution is 5.68. The highest BCUT2D eigenvalue weighted by Crippen LogP contribution is 2.07. The summed E-state index contributed by atoms with van der Waals surface area (Å²) in [5.74, 6) is -1.73. The van der Waals surface area contributed by atoms with E-state index in [1.807, 2.05) is 0 Å². The lowest BCUT2D eigenvalue weighted by Gasteiger charge is -2.22. The molecule has 0 saturated carbocycles. The summed E-state index contributed by atoms with van der Waals surface area (Å²) in [6.45, 7) is 4.78. The van der Waals surface area contributed by atoms with Crippen LogP contribution in [0.2, 0.25) is 0 Å². The summed E-state index contributed by atoms with van der Waals surface area (Å²) in [5, 5.41) is 0. The first-order chi connectivity index (χ1) is 7.82. The second-order valence-electron chi connectivity index (χ2n) is 3.21. The summed E-state index contributed by atoms with van der Waals surface area (Å²) in [5.41, 5.74) is 0. The Kier molecular flexibility index (Phi) is 6.88. The predicted molar refractivity (Wildman–Crippen MR) is 54.5 cm³/mol. The van der Waals surface area contributed by atoms with Crippen molar-refractivity contribution >= 4 is 17.9 Å². The first kappa shape index (κ1) is 15.4. The van der Waals surface area contributed by atoms with Gasteiger partial charge in [0.05, 0.1) is 0 Å². The highest BCUT2D eigenvalue weighted by Gasteiger charge is 2.24. The molecule has 0 bridgehead atoms. The molecule has 0 fully saturated rings. The van der Waals surface area contributed by atoms with Crippen molar-refractivity contribution in [2.75, 3.05) is 6.79 Å². The quantitative estimate of drug-likeness (QED) is 0.495. The van der Waals surface area contributed by atoms with E-state index in [4.69, 9.17) is 14.2 Å². The van der Waals surface area contributed by atoms with E-state index in [1.54, 1.807) is 0 Å². The molecule has 0 aromatic carbocycles. The molecule has 0 aliphatic carbocycles. The molecular weight excluding hydrogens is 232 g/mol. The van der Waals surface area contributed by atoms with E-state index in [0.29, 0.717) is 0 Å². The lowest BCUT2D eigenvalue weighted by Crippen LogP contribution is -2.35. The van der Waals surface area contributed by atoms with E-state index in [0.717, 1.165) is 0 Å². The van der Waals surface area contributed by atoms with Crippen LogP contribution in [0.4, 0.5) is 0 Å². The van der Waals surface area contributed by atoms with Crippen molar-refractivity contribution in [3.05, 3.63) is 0 Å². The average Bonchev–Trinajstić information content (AvgIpc) is 2.14. The van der Waals surface area contributed by atoms with Crippen LogP contribution in [0.3, 0.4) is 0 Å². The van der Waals surface area contributed by atoms with Crippen LogP contribution in [0.15, 0.2) is 0 Å². The number of rotatable bonds is 6. The van der Waals surface area contributed by atoms with Gasteiger partial charge in [-0.3, -0.25) is 14.4 Å². The van der Waals surface area contributed by atoms with Gasteiger partial charge in [0, 0.05) is 20.8 Å². The topological polar surface area (TPSA) is 88.1 Å². The van der Waals surface area contributed by atoms with Crippen LogP contribution in [0.1, 0.15) is 27.7 Å². The Morgan fingerprint density at radius 2 is 1.41 bits per heavy atom. The maximum atomic E-state index is 10.8. The summed E-state index contributed by atoms with van der Waals surface area (Å²) >= 11 is 0. The fourth-order valence-electron chi connectivity index (χ4n) is 0.846. The van der Waals surface area contributed by atoms with E-state index in [1.165, 1.54) is 27.7 Å². The van der Waals surface area contributed by atoms with Crippen molar-refractivity contribution in [3.63, 3.8) is 0 Å². The minimum atomic E-state index is -1.17. The molecule has 98 valence electrons. The molecule has 7 heteroatoms. The summed E-state index contributed by atoms with van der Waals surface area (Å²) in [6, 6.07) is 0. The molecule has 0 radical (unpaired) electrons. The smallest absolute Gasteiger partial charge is 0.305 e. The van der Waals surface area contributed by atoms with Gasteiger partial charge in [-0.2, -0.15) is 0 Å². The van der Waals surface area contributed by atoms with Crippen LogP contribution in [0, 0.1) is 0 Å². The zero-order valence-corrected chi connectivity index (χ0v) is 10.2. The molecule has 7 nitrogen and oxygen atoms in total. The van der Waals surface area contributed by atoms with Gasteiger partial charge in [-0.25, -0.2) is 0 Å². The number of carbonyl (C=O) groups excluding carboxylic acids is 3. The van der Waals surface area contributed by atoms with Crippen LogP contribution < -0.4 is 0 Å². The van der Waals surface area contributed by atoms with Gasteiger partial charge >= 0.3 is 17.9 Å². The van der Waals surface area contributed by atoms with Gasteiger partial charge in [0.1, 0.15) is 6.10 Å². The fourth-order valence-corrected chi connectivity index (χ4v) is 0.846. The largest absolute Gasteiger partial charge is 0.439 e. The third kappa shape index (κ3) is 8.21. The van der Waals surface area contributed by atoms with Gasteiger partial charge in [-0.05, 0) is 6.92 Å². The second kappa shape index (κ2) is 7.61. The van der Waals surface area contributed by atoms with E-state index in [2.05, 4.69) is 4.74 Å². The molecular formula is C10H16O7. The van der Waals surface area contributed by atoms with Crippen molar-refractivity contribution in [1.29, 1.82) is 0 Å². The standard InChI is InChI=1S/C10H16O7/c1-6(14-5-15-7(2)11)10(16-8(3)12)17-9(4)13/h6,10H,5H2,1-4H3. The van der Waals surface area contributed by atoms with Crippen molar-refractivity contribution in [2.45, 2.75) is 40.1 Å². The summed E-state index contributed by atoms with van der Waals surface area (Å²) in [6.07, 6.45) is -1.91. The maximum Gasteiger partial charge on any atom is 0.305 e. The molecule has 0 N–H and O–H groups in total. The molecule has 17 heavy (non-hydrogen) atoms. The fraction of sp³-hybridized carbons (Fsp3) is 0.700. The molecule has 0 aliphatic heterocycles. The Labute approximate surface area is 99.0 Å². The van der Waals surface area contributed by atoms with Crippen LogP contribution >= 0.6 is 0 Å². The van der Waals surface area contributed by atoms with Gasteiger partial charge in [-0.1, -0.05) is 0 Å². The predicted octanol–water partition coefficient (Wildman–Crippen LogP) is 0.364. The Hall–Kier alpha value is -1.63. The Balaban J connectivity index is 4.20. The van der Waals surface area contributed by atoms with Gasteiger partial charge in [0.25, 0.3) is 6.29 Å². The number of hydrogen-bond acceptors (Lipinski definition) is 7. The third-order valence-corrected chi connectivity index (χ3v) is 1.54. The molecule has 1 unspecified atom stereocenters. The first-order valence-electron chi connectivity index (χ1n) is 4.92. The van der Waals surface area contributed by atoms with E-state index < -0.39 is 30.3 Å². The molecule has 0 aliphatic rings. The van der Waals surface area contributed by atoms with Crippen LogP contribution in [-0.4, -0.2) is 37.1 Å². The second-order valence-corrected chi connectivity index (χ2v) is 3.21. The van der Waals surface area contributed by atoms with Gasteiger partial charge in [-0.15, -0.1) is 0 Å². The molecule has 0 amide bonds. The van der Waals surface area contributed by atoms with Gasteiger partial charge < -0.3 is 18.9 Å². The lowest BCUT2D eigenvalue weighted by atomic mass is 10.4. The zero-order chi connectivity index (χ0) is 13.4. The van der Waals surface area contributed by atoms with E-state index in [-0.39, 0.29) is 6.79 Å². The average molecular weight is 248 g/mol. The van der Waals surface area contributed by atoms with E-state index >= 15 is 0 Å². The Morgan fingerprint density at radius 3 is 1.76 bits per heavy atom. The number of esters is 3. The van der Waals surface area contributed by atoms with Crippen LogP contribution in [0.5, 0.6) is 0 Å².